The minimum absolute atomic E-state index is 0.0886. The number of ether oxygens (including phenoxy) is 5. The quantitative estimate of drug-likeness (QED) is 0.126. The zero-order valence-electron chi connectivity index (χ0n) is 23.6. The molecule has 3 saturated heterocycles. The minimum atomic E-state index is -1.68. The van der Waals surface area contributed by atoms with E-state index in [4.69, 9.17) is 23.7 Å². The van der Waals surface area contributed by atoms with Crippen molar-refractivity contribution >= 4 is 0 Å². The lowest BCUT2D eigenvalue weighted by molar-refractivity contribution is -0.344. The van der Waals surface area contributed by atoms with Crippen molar-refractivity contribution < 1.29 is 79.9 Å². The maximum atomic E-state index is 10.7. The van der Waals surface area contributed by atoms with E-state index in [1.54, 1.807) is 0 Å². The highest BCUT2D eigenvalue weighted by Crippen LogP contribution is 2.45. The van der Waals surface area contributed by atoms with Crippen LogP contribution < -0.4 is 0 Å². The smallest absolute Gasteiger partial charge is 0.187 e. The first-order valence-electron chi connectivity index (χ1n) is 15.0. The summed E-state index contributed by atoms with van der Waals surface area (Å²) in [6.45, 7) is -1.30. The molecule has 11 N–H and O–H groups in total. The van der Waals surface area contributed by atoms with E-state index in [2.05, 4.69) is 0 Å². The second kappa shape index (κ2) is 14.0. The van der Waals surface area contributed by atoms with E-state index in [1.165, 1.54) is 0 Å². The summed E-state index contributed by atoms with van der Waals surface area (Å²) in [6.07, 6.45) is -19.5. The Balaban J connectivity index is 1.38. The van der Waals surface area contributed by atoms with Gasteiger partial charge in [-0.1, -0.05) is 0 Å². The first kappa shape index (κ1) is 33.7. The van der Waals surface area contributed by atoms with Gasteiger partial charge in [-0.25, -0.2) is 0 Å². The third-order valence-electron chi connectivity index (χ3n) is 9.77. The van der Waals surface area contributed by atoms with Gasteiger partial charge in [-0.3, -0.25) is 0 Å². The molecule has 250 valence electrons. The van der Waals surface area contributed by atoms with Gasteiger partial charge in [0.05, 0.1) is 55.9 Å². The fourth-order valence-electron chi connectivity index (χ4n) is 7.24. The van der Waals surface area contributed by atoms with Crippen LogP contribution in [-0.2, 0) is 23.7 Å². The van der Waals surface area contributed by atoms with Crippen LogP contribution in [0.1, 0.15) is 38.5 Å². The predicted octanol–water partition coefficient (Wildman–Crippen LogP) is -5.19. The van der Waals surface area contributed by atoms with Crippen LogP contribution in [0.25, 0.3) is 0 Å². The number of fused-ring (bicyclic) bond motifs is 1. The van der Waals surface area contributed by atoms with E-state index < -0.39 is 123 Å². The molecule has 5 fully saturated rings. The van der Waals surface area contributed by atoms with Crippen molar-refractivity contribution in [1.29, 1.82) is 0 Å². The molecule has 19 atom stereocenters. The number of rotatable bonds is 7. The third-order valence-corrected chi connectivity index (χ3v) is 9.77. The van der Waals surface area contributed by atoms with Gasteiger partial charge in [-0.05, 0) is 38.0 Å². The second-order valence-electron chi connectivity index (χ2n) is 12.6. The monoisotopic (exact) mass is 626 g/mol. The summed E-state index contributed by atoms with van der Waals surface area (Å²) in [7, 11) is 0. The van der Waals surface area contributed by atoms with Crippen molar-refractivity contribution in [3.63, 3.8) is 0 Å². The Hall–Kier alpha value is -0.640. The lowest BCUT2D eigenvalue weighted by atomic mass is 9.72. The Morgan fingerprint density at radius 3 is 1.63 bits per heavy atom. The molecule has 0 spiro atoms. The summed E-state index contributed by atoms with van der Waals surface area (Å²) in [4.78, 5) is 0. The number of aliphatic hydroxyl groups excluding tert-OH is 11. The van der Waals surface area contributed by atoms with Gasteiger partial charge < -0.3 is 79.9 Å². The maximum absolute atomic E-state index is 10.7. The van der Waals surface area contributed by atoms with Crippen LogP contribution in [0.5, 0.6) is 0 Å². The van der Waals surface area contributed by atoms with Crippen molar-refractivity contribution in [2.75, 3.05) is 13.2 Å². The topological polar surface area (TPSA) is 269 Å². The van der Waals surface area contributed by atoms with Crippen LogP contribution in [0.2, 0.25) is 0 Å². The van der Waals surface area contributed by atoms with Crippen molar-refractivity contribution in [3.8, 4) is 0 Å². The van der Waals surface area contributed by atoms with Gasteiger partial charge in [0, 0.05) is 12.3 Å². The first-order chi connectivity index (χ1) is 20.4. The molecule has 0 aromatic rings. The number of hydrogen-bond acceptors (Lipinski definition) is 16. The minimum Gasteiger partial charge on any atom is -0.394 e. The van der Waals surface area contributed by atoms with Gasteiger partial charge in [0.2, 0.25) is 0 Å². The molecule has 16 nitrogen and oxygen atoms in total. The Labute approximate surface area is 248 Å². The number of aliphatic hydroxyl groups is 11. The summed E-state index contributed by atoms with van der Waals surface area (Å²) in [5.41, 5.74) is 0. The van der Waals surface area contributed by atoms with Gasteiger partial charge in [0.1, 0.15) is 48.8 Å². The fourth-order valence-corrected chi connectivity index (χ4v) is 7.24. The summed E-state index contributed by atoms with van der Waals surface area (Å²) in [5, 5.41) is 113. The standard InChI is InChI=1S/C27H46O16/c28-7-17-19(33)21(35)23(37)26(42-17)40-15-5-10(30)4-14-11(15)6-16(25(39-14)9-1-2-12(31)13(32)3-9)41-27-24(38)22(36)20(34)18(8-29)43-27/h9-38H,1-8H2/t9?,10?,11?,12?,13?,14?,15?,16?,17-,18-,19-,20-,21+,22+,23-,24-,25?,26+,27+/m1/s1. The Bertz CT molecular complexity index is 895. The molecule has 3 aliphatic heterocycles. The molecule has 5 aliphatic rings. The third kappa shape index (κ3) is 6.90. The van der Waals surface area contributed by atoms with E-state index in [0.29, 0.717) is 12.8 Å². The van der Waals surface area contributed by atoms with E-state index in [9.17, 15) is 56.2 Å². The second-order valence-corrected chi connectivity index (χ2v) is 12.6. The molecule has 0 aromatic carbocycles. The molecule has 0 aromatic heterocycles. The molecule has 3 heterocycles. The normalized spacial score (nSPS) is 54.6. The molecule has 16 heteroatoms. The van der Waals surface area contributed by atoms with E-state index in [-0.39, 0.29) is 31.6 Å². The highest BCUT2D eigenvalue weighted by Gasteiger charge is 2.54. The molecule has 5 rings (SSSR count). The largest absolute Gasteiger partial charge is 0.394 e. The first-order valence-corrected chi connectivity index (χ1v) is 15.0. The Morgan fingerprint density at radius 2 is 1.09 bits per heavy atom. The summed E-state index contributed by atoms with van der Waals surface area (Å²) in [6, 6.07) is 0. The van der Waals surface area contributed by atoms with Crippen LogP contribution in [-0.4, -0.2) is 174 Å². The zero-order chi connectivity index (χ0) is 31.2. The molecular formula is C27H46O16. The lowest BCUT2D eigenvalue weighted by Crippen LogP contribution is -2.63. The molecule has 0 bridgehead atoms. The lowest BCUT2D eigenvalue weighted by Gasteiger charge is -2.52. The SMILES string of the molecule is OC[C@H]1O[C@H](OC2CC(O)CC3OC(C4CCC(O)C(O)C4)C(O[C@H]4O[C@H](CO)[C@@H](O)[C@H](O)[C@H]4O)CC32)[C@H](O)[C@@H](O)[C@@H]1O. The molecular weight excluding hydrogens is 580 g/mol. The number of hydrogen-bond donors (Lipinski definition) is 11. The van der Waals surface area contributed by atoms with Gasteiger partial charge in [-0.15, -0.1) is 0 Å². The van der Waals surface area contributed by atoms with Crippen LogP contribution in [0, 0.1) is 11.8 Å². The summed E-state index contributed by atoms with van der Waals surface area (Å²) >= 11 is 0. The van der Waals surface area contributed by atoms with Gasteiger partial charge >= 0.3 is 0 Å². The predicted molar refractivity (Wildman–Crippen MR) is 139 cm³/mol. The Morgan fingerprint density at radius 1 is 0.535 bits per heavy atom. The maximum Gasteiger partial charge on any atom is 0.187 e. The highest BCUT2D eigenvalue weighted by molar-refractivity contribution is 5.00. The van der Waals surface area contributed by atoms with E-state index in [0.717, 1.165) is 0 Å². The Kier molecular flexibility index (Phi) is 11.0. The average Bonchev–Trinajstić information content (AvgIpc) is 2.98. The van der Waals surface area contributed by atoms with Crippen LogP contribution in [0.15, 0.2) is 0 Å². The van der Waals surface area contributed by atoms with Crippen LogP contribution >= 0.6 is 0 Å². The fraction of sp³-hybridized carbons (Fsp3) is 1.00. The van der Waals surface area contributed by atoms with Crippen molar-refractivity contribution in [2.45, 2.75) is 143 Å². The summed E-state index contributed by atoms with van der Waals surface area (Å²) in [5.74, 6) is -0.806. The van der Waals surface area contributed by atoms with E-state index >= 15 is 0 Å². The molecule has 43 heavy (non-hydrogen) atoms. The van der Waals surface area contributed by atoms with Gasteiger partial charge in [0.25, 0.3) is 0 Å². The highest BCUT2D eigenvalue weighted by atomic mass is 16.7. The molecule has 0 amide bonds. The average molecular weight is 627 g/mol. The molecule has 2 saturated carbocycles. The van der Waals surface area contributed by atoms with Gasteiger partial charge in [0.15, 0.2) is 12.6 Å². The zero-order valence-corrected chi connectivity index (χ0v) is 23.6. The van der Waals surface area contributed by atoms with E-state index in [1.807, 2.05) is 0 Å². The van der Waals surface area contributed by atoms with Crippen molar-refractivity contribution in [1.82, 2.24) is 0 Å². The molecule has 9 unspecified atom stereocenters. The van der Waals surface area contributed by atoms with Crippen LogP contribution in [0.3, 0.4) is 0 Å². The van der Waals surface area contributed by atoms with Crippen molar-refractivity contribution in [2.24, 2.45) is 11.8 Å². The van der Waals surface area contributed by atoms with Gasteiger partial charge in [-0.2, -0.15) is 0 Å². The van der Waals surface area contributed by atoms with Crippen LogP contribution in [0.4, 0.5) is 0 Å². The summed E-state index contributed by atoms with van der Waals surface area (Å²) < 4.78 is 29.9. The molecule has 0 radical (unpaired) electrons. The molecule has 2 aliphatic carbocycles. The van der Waals surface area contributed by atoms with Crippen molar-refractivity contribution in [3.05, 3.63) is 0 Å².